The molecule has 1 aliphatic carbocycles. The van der Waals surface area contributed by atoms with E-state index < -0.39 is 0 Å². The second-order valence-electron chi connectivity index (χ2n) is 7.49. The Morgan fingerprint density at radius 1 is 1.06 bits per heavy atom. The van der Waals surface area contributed by atoms with Gasteiger partial charge in [-0.25, -0.2) is 0 Å². The third kappa shape index (κ3) is 3.71. The first-order chi connectivity index (χ1) is 8.47. The normalized spacial score (nSPS) is 35.7. The molecule has 18 heavy (non-hydrogen) atoms. The molecule has 106 valence electrons. The molecule has 1 saturated heterocycles. The van der Waals surface area contributed by atoms with Crippen LogP contribution >= 0.6 is 0 Å². The summed E-state index contributed by atoms with van der Waals surface area (Å²) in [5.74, 6) is 2.11. The molecule has 2 heteroatoms. The highest BCUT2D eigenvalue weighted by Crippen LogP contribution is 2.43. The summed E-state index contributed by atoms with van der Waals surface area (Å²) in [7, 11) is 0. The van der Waals surface area contributed by atoms with E-state index in [0.29, 0.717) is 11.3 Å². The van der Waals surface area contributed by atoms with Crippen molar-refractivity contribution < 1.29 is 9.84 Å². The van der Waals surface area contributed by atoms with Crippen molar-refractivity contribution in [2.75, 3.05) is 13.2 Å². The molecule has 1 heterocycles. The summed E-state index contributed by atoms with van der Waals surface area (Å²) in [6.45, 7) is 8.90. The summed E-state index contributed by atoms with van der Waals surface area (Å²) >= 11 is 0. The number of aliphatic hydroxyl groups is 1. The number of rotatable bonds is 2. The standard InChI is InChI=1S/C16H30O2/c1-16(2,3)14-4-5-15(17)13(11-14)10-12-6-8-18-9-7-12/h12-15,17H,4-11H2,1-3H3. The maximum absolute atomic E-state index is 10.3. The number of hydrogen-bond donors (Lipinski definition) is 1. The Hall–Kier alpha value is -0.0800. The van der Waals surface area contributed by atoms with Gasteiger partial charge in [-0.15, -0.1) is 0 Å². The topological polar surface area (TPSA) is 29.5 Å². The van der Waals surface area contributed by atoms with E-state index >= 15 is 0 Å². The molecule has 1 N–H and O–H groups in total. The van der Waals surface area contributed by atoms with Crippen molar-refractivity contribution in [2.24, 2.45) is 23.2 Å². The maximum atomic E-state index is 10.3. The molecule has 1 aliphatic heterocycles. The van der Waals surface area contributed by atoms with Gasteiger partial charge >= 0.3 is 0 Å². The summed E-state index contributed by atoms with van der Waals surface area (Å²) < 4.78 is 5.43. The van der Waals surface area contributed by atoms with Gasteiger partial charge in [-0.3, -0.25) is 0 Å². The van der Waals surface area contributed by atoms with Gasteiger partial charge in [0.25, 0.3) is 0 Å². The van der Waals surface area contributed by atoms with Gasteiger partial charge in [0.2, 0.25) is 0 Å². The average Bonchev–Trinajstić information content (AvgIpc) is 2.32. The molecule has 2 rings (SSSR count). The van der Waals surface area contributed by atoms with Crippen molar-refractivity contribution >= 4 is 0 Å². The molecule has 3 unspecified atom stereocenters. The maximum Gasteiger partial charge on any atom is 0.0568 e. The van der Waals surface area contributed by atoms with Crippen LogP contribution in [0.4, 0.5) is 0 Å². The molecule has 1 saturated carbocycles. The molecule has 0 amide bonds. The zero-order valence-corrected chi connectivity index (χ0v) is 12.3. The predicted molar refractivity (Wildman–Crippen MR) is 74.5 cm³/mol. The first-order valence-corrected chi connectivity index (χ1v) is 7.72. The SMILES string of the molecule is CC(C)(C)C1CCC(O)C(CC2CCOCC2)C1. The molecule has 2 nitrogen and oxygen atoms in total. The van der Waals surface area contributed by atoms with Crippen LogP contribution in [-0.2, 0) is 4.74 Å². The minimum Gasteiger partial charge on any atom is -0.393 e. The fraction of sp³-hybridized carbons (Fsp3) is 1.00. The highest BCUT2D eigenvalue weighted by molar-refractivity contribution is 4.86. The average molecular weight is 254 g/mol. The molecule has 0 aromatic heterocycles. The van der Waals surface area contributed by atoms with Crippen molar-refractivity contribution in [2.45, 2.75) is 65.4 Å². The summed E-state index contributed by atoms with van der Waals surface area (Å²) in [4.78, 5) is 0. The van der Waals surface area contributed by atoms with Gasteiger partial charge in [0.05, 0.1) is 6.10 Å². The van der Waals surface area contributed by atoms with Crippen molar-refractivity contribution in [1.82, 2.24) is 0 Å². The van der Waals surface area contributed by atoms with E-state index in [1.54, 1.807) is 0 Å². The molecular formula is C16H30O2. The molecule has 0 spiro atoms. The number of hydrogen-bond acceptors (Lipinski definition) is 2. The Balaban J connectivity index is 1.88. The van der Waals surface area contributed by atoms with Gasteiger partial charge in [0.1, 0.15) is 0 Å². The molecule has 0 aromatic rings. The molecule has 0 radical (unpaired) electrons. The molecule has 2 aliphatic rings. The lowest BCUT2D eigenvalue weighted by Crippen LogP contribution is -2.36. The fourth-order valence-electron chi connectivity index (χ4n) is 3.70. The largest absolute Gasteiger partial charge is 0.393 e. The van der Waals surface area contributed by atoms with Gasteiger partial charge in [-0.1, -0.05) is 20.8 Å². The lowest BCUT2D eigenvalue weighted by molar-refractivity contribution is -0.00580. The Kier molecular flexibility index (Phi) is 4.71. The molecule has 0 bridgehead atoms. The van der Waals surface area contributed by atoms with E-state index in [-0.39, 0.29) is 6.10 Å². The zero-order chi connectivity index (χ0) is 13.2. The summed E-state index contributed by atoms with van der Waals surface area (Å²) in [6, 6.07) is 0. The number of aliphatic hydroxyl groups excluding tert-OH is 1. The van der Waals surface area contributed by atoms with Crippen LogP contribution in [0, 0.1) is 23.2 Å². The van der Waals surface area contributed by atoms with Gasteiger partial charge in [0.15, 0.2) is 0 Å². The van der Waals surface area contributed by atoms with Crippen LogP contribution in [0.3, 0.4) is 0 Å². The van der Waals surface area contributed by atoms with E-state index in [4.69, 9.17) is 4.74 Å². The zero-order valence-electron chi connectivity index (χ0n) is 12.3. The van der Waals surface area contributed by atoms with Crippen molar-refractivity contribution in [3.8, 4) is 0 Å². The van der Waals surface area contributed by atoms with Crippen LogP contribution in [-0.4, -0.2) is 24.4 Å². The van der Waals surface area contributed by atoms with Crippen LogP contribution in [0.2, 0.25) is 0 Å². The van der Waals surface area contributed by atoms with Crippen molar-refractivity contribution in [3.05, 3.63) is 0 Å². The minimum atomic E-state index is -0.0496. The fourth-order valence-corrected chi connectivity index (χ4v) is 3.70. The van der Waals surface area contributed by atoms with Crippen LogP contribution in [0.15, 0.2) is 0 Å². The van der Waals surface area contributed by atoms with Crippen molar-refractivity contribution in [1.29, 1.82) is 0 Å². The molecule has 2 fully saturated rings. The second-order valence-corrected chi connectivity index (χ2v) is 7.49. The van der Waals surface area contributed by atoms with Crippen LogP contribution < -0.4 is 0 Å². The third-order valence-electron chi connectivity index (χ3n) is 5.14. The Labute approximate surface area is 112 Å². The lowest BCUT2D eigenvalue weighted by Gasteiger charge is -2.41. The quantitative estimate of drug-likeness (QED) is 0.815. The molecule has 0 aromatic carbocycles. The number of ether oxygens (including phenoxy) is 1. The predicted octanol–water partition coefficient (Wildman–Crippen LogP) is 3.63. The first kappa shape index (κ1) is 14.3. The van der Waals surface area contributed by atoms with E-state index in [0.717, 1.165) is 31.5 Å². The van der Waals surface area contributed by atoms with E-state index in [1.165, 1.54) is 32.1 Å². The monoisotopic (exact) mass is 254 g/mol. The Morgan fingerprint density at radius 2 is 1.72 bits per heavy atom. The van der Waals surface area contributed by atoms with Gasteiger partial charge in [-0.05, 0) is 61.7 Å². The second kappa shape index (κ2) is 5.92. The molecular weight excluding hydrogens is 224 g/mol. The lowest BCUT2D eigenvalue weighted by atomic mass is 9.66. The van der Waals surface area contributed by atoms with Gasteiger partial charge in [0, 0.05) is 13.2 Å². The van der Waals surface area contributed by atoms with Crippen LogP contribution in [0.25, 0.3) is 0 Å². The smallest absolute Gasteiger partial charge is 0.0568 e. The third-order valence-corrected chi connectivity index (χ3v) is 5.14. The van der Waals surface area contributed by atoms with Gasteiger partial charge < -0.3 is 9.84 Å². The highest BCUT2D eigenvalue weighted by Gasteiger charge is 2.36. The Morgan fingerprint density at radius 3 is 2.33 bits per heavy atom. The summed E-state index contributed by atoms with van der Waals surface area (Å²) in [5, 5.41) is 10.3. The van der Waals surface area contributed by atoms with E-state index in [2.05, 4.69) is 20.8 Å². The first-order valence-electron chi connectivity index (χ1n) is 7.72. The van der Waals surface area contributed by atoms with Crippen molar-refractivity contribution in [3.63, 3.8) is 0 Å². The summed E-state index contributed by atoms with van der Waals surface area (Å²) in [6.07, 6.45) is 7.00. The minimum absolute atomic E-state index is 0.0496. The van der Waals surface area contributed by atoms with E-state index in [9.17, 15) is 5.11 Å². The molecule has 3 atom stereocenters. The highest BCUT2D eigenvalue weighted by atomic mass is 16.5. The van der Waals surface area contributed by atoms with Gasteiger partial charge in [-0.2, -0.15) is 0 Å². The Bertz CT molecular complexity index is 250. The van der Waals surface area contributed by atoms with Crippen LogP contribution in [0.1, 0.15) is 59.3 Å². The van der Waals surface area contributed by atoms with E-state index in [1.807, 2.05) is 0 Å². The van der Waals surface area contributed by atoms with Crippen LogP contribution in [0.5, 0.6) is 0 Å². The summed E-state index contributed by atoms with van der Waals surface area (Å²) in [5.41, 5.74) is 0.397.